The Kier molecular flexibility index (Phi) is 2.83. The van der Waals surface area contributed by atoms with Gasteiger partial charge in [0.25, 0.3) is 0 Å². The molecule has 2 nitrogen and oxygen atoms in total. The average molecular weight is 245 g/mol. The summed E-state index contributed by atoms with van der Waals surface area (Å²) in [7, 11) is 0. The third-order valence-corrected chi connectivity index (χ3v) is 2.00. The molecule has 0 amide bonds. The number of carbonyl (C=O) groups is 1. The van der Waals surface area contributed by atoms with E-state index in [-0.39, 0.29) is 11.1 Å². The minimum Gasteiger partial charge on any atom is -0.478 e. The van der Waals surface area contributed by atoms with E-state index in [0.29, 0.717) is 4.47 Å². The van der Waals surface area contributed by atoms with E-state index >= 15 is 0 Å². The zero-order valence-corrected chi connectivity index (χ0v) is 8.14. The van der Waals surface area contributed by atoms with Crippen molar-refractivity contribution in [1.29, 1.82) is 0 Å². The molecule has 0 heterocycles. The Hall–Kier alpha value is -1.16. The summed E-state index contributed by atoms with van der Waals surface area (Å²) < 4.78 is 13.7. The fourth-order valence-electron chi connectivity index (χ4n) is 0.844. The van der Waals surface area contributed by atoms with Crippen molar-refractivity contribution < 1.29 is 14.3 Å². The number of halogens is 2. The monoisotopic (exact) mass is 244 g/mol. The first-order chi connectivity index (χ1) is 6.02. The molecule has 4 heteroatoms. The van der Waals surface area contributed by atoms with E-state index < -0.39 is 11.8 Å². The second kappa shape index (κ2) is 3.70. The topological polar surface area (TPSA) is 37.3 Å². The second-order valence-electron chi connectivity index (χ2n) is 2.41. The van der Waals surface area contributed by atoms with E-state index in [1.807, 2.05) is 0 Å². The van der Waals surface area contributed by atoms with Gasteiger partial charge in [0, 0.05) is 10.0 Å². The lowest BCUT2D eigenvalue weighted by Gasteiger charge is -2.02. The van der Waals surface area contributed by atoms with Crippen LogP contribution in [0.25, 0.3) is 5.57 Å². The molecular formula is C9H6BrFO2. The minimum absolute atomic E-state index is 0.00174. The second-order valence-corrected chi connectivity index (χ2v) is 3.32. The molecule has 0 aliphatic heterocycles. The van der Waals surface area contributed by atoms with Crippen molar-refractivity contribution in [2.24, 2.45) is 0 Å². The van der Waals surface area contributed by atoms with Gasteiger partial charge >= 0.3 is 5.97 Å². The first kappa shape index (κ1) is 9.92. The number of benzene rings is 1. The Bertz CT molecular complexity index is 374. The summed E-state index contributed by atoms with van der Waals surface area (Å²) in [4.78, 5) is 10.5. The van der Waals surface area contributed by atoms with Crippen LogP contribution < -0.4 is 0 Å². The van der Waals surface area contributed by atoms with Crippen LogP contribution in [0.2, 0.25) is 0 Å². The van der Waals surface area contributed by atoms with Gasteiger partial charge in [-0.2, -0.15) is 0 Å². The van der Waals surface area contributed by atoms with Crippen LogP contribution in [0.3, 0.4) is 0 Å². The highest BCUT2D eigenvalue weighted by Crippen LogP contribution is 2.21. The zero-order valence-electron chi connectivity index (χ0n) is 6.55. The fraction of sp³-hybridized carbons (Fsp3) is 0. The van der Waals surface area contributed by atoms with Crippen LogP contribution >= 0.6 is 15.9 Å². The standard InChI is InChI=1S/C9H6BrFO2/c1-5(9(12)13)7-4-6(10)2-3-8(7)11/h2-4H,1H2,(H,12,13). The molecule has 0 saturated heterocycles. The molecule has 68 valence electrons. The number of carboxylic acid groups (broad SMARTS) is 1. The Labute approximate surface area is 82.8 Å². The summed E-state index contributed by atoms with van der Waals surface area (Å²) in [6.07, 6.45) is 0. The maximum atomic E-state index is 13.0. The van der Waals surface area contributed by atoms with Crippen molar-refractivity contribution in [3.05, 3.63) is 40.6 Å². The van der Waals surface area contributed by atoms with Gasteiger partial charge in [-0.25, -0.2) is 9.18 Å². The van der Waals surface area contributed by atoms with Crippen molar-refractivity contribution >= 4 is 27.5 Å². The van der Waals surface area contributed by atoms with Crippen LogP contribution in [0, 0.1) is 5.82 Å². The van der Waals surface area contributed by atoms with Gasteiger partial charge in [-0.3, -0.25) is 0 Å². The molecule has 0 aromatic heterocycles. The van der Waals surface area contributed by atoms with Gasteiger partial charge in [-0.15, -0.1) is 0 Å². The molecule has 1 N–H and O–H groups in total. The van der Waals surface area contributed by atoms with E-state index in [4.69, 9.17) is 5.11 Å². The van der Waals surface area contributed by atoms with E-state index in [2.05, 4.69) is 22.5 Å². The third kappa shape index (κ3) is 2.15. The largest absolute Gasteiger partial charge is 0.478 e. The lowest BCUT2D eigenvalue weighted by atomic mass is 10.1. The number of hydrogen-bond acceptors (Lipinski definition) is 1. The molecule has 0 unspecified atom stereocenters. The molecule has 0 bridgehead atoms. The Balaban J connectivity index is 3.21. The molecule has 0 radical (unpaired) electrons. The van der Waals surface area contributed by atoms with Crippen LogP contribution in [0.15, 0.2) is 29.3 Å². The van der Waals surface area contributed by atoms with E-state index in [1.54, 1.807) is 0 Å². The summed E-state index contributed by atoms with van der Waals surface area (Å²) in [5, 5.41) is 8.57. The molecule has 1 aromatic rings. The molecule has 0 atom stereocenters. The summed E-state index contributed by atoms with van der Waals surface area (Å²) in [5.74, 6) is -1.81. The van der Waals surface area contributed by atoms with Crippen molar-refractivity contribution in [3.63, 3.8) is 0 Å². The molecule has 0 aliphatic rings. The summed E-state index contributed by atoms with van der Waals surface area (Å²) in [6, 6.07) is 4.06. The van der Waals surface area contributed by atoms with Gasteiger partial charge in [0.15, 0.2) is 0 Å². The first-order valence-electron chi connectivity index (χ1n) is 3.40. The highest BCUT2D eigenvalue weighted by atomic mass is 79.9. The van der Waals surface area contributed by atoms with Gasteiger partial charge in [-0.05, 0) is 18.2 Å². The predicted octanol–water partition coefficient (Wildman–Crippen LogP) is 2.69. The van der Waals surface area contributed by atoms with E-state index in [9.17, 15) is 9.18 Å². The molecule has 1 rings (SSSR count). The Morgan fingerprint density at radius 2 is 2.15 bits per heavy atom. The lowest BCUT2D eigenvalue weighted by Crippen LogP contribution is -2.00. The zero-order chi connectivity index (χ0) is 10.0. The molecule has 0 fully saturated rings. The van der Waals surface area contributed by atoms with Crippen LogP contribution in [-0.4, -0.2) is 11.1 Å². The molecular weight excluding hydrogens is 239 g/mol. The minimum atomic E-state index is -1.22. The van der Waals surface area contributed by atoms with E-state index in [1.165, 1.54) is 18.2 Å². The van der Waals surface area contributed by atoms with Crippen molar-refractivity contribution in [2.75, 3.05) is 0 Å². The molecule has 1 aromatic carbocycles. The maximum absolute atomic E-state index is 13.0. The number of carboxylic acids is 1. The van der Waals surface area contributed by atoms with Crippen LogP contribution in [0.5, 0.6) is 0 Å². The highest BCUT2D eigenvalue weighted by Gasteiger charge is 2.12. The van der Waals surface area contributed by atoms with Gasteiger partial charge in [0.05, 0.1) is 5.57 Å². The molecule has 0 saturated carbocycles. The van der Waals surface area contributed by atoms with Gasteiger partial charge in [0.2, 0.25) is 0 Å². The van der Waals surface area contributed by atoms with Crippen molar-refractivity contribution in [1.82, 2.24) is 0 Å². The van der Waals surface area contributed by atoms with Crippen LogP contribution in [0.4, 0.5) is 4.39 Å². The van der Waals surface area contributed by atoms with Gasteiger partial charge in [0.1, 0.15) is 5.82 Å². The number of rotatable bonds is 2. The predicted molar refractivity (Wildman–Crippen MR) is 50.8 cm³/mol. The maximum Gasteiger partial charge on any atom is 0.335 e. The quantitative estimate of drug-likeness (QED) is 0.813. The average Bonchev–Trinajstić information content (AvgIpc) is 2.08. The molecule has 0 spiro atoms. The Morgan fingerprint density at radius 3 is 2.69 bits per heavy atom. The van der Waals surface area contributed by atoms with Crippen LogP contribution in [0.1, 0.15) is 5.56 Å². The lowest BCUT2D eigenvalue weighted by molar-refractivity contribution is -0.130. The van der Waals surface area contributed by atoms with E-state index in [0.717, 1.165) is 0 Å². The summed E-state index contributed by atoms with van der Waals surface area (Å²) >= 11 is 3.11. The fourth-order valence-corrected chi connectivity index (χ4v) is 1.21. The van der Waals surface area contributed by atoms with Crippen LogP contribution in [-0.2, 0) is 4.79 Å². The Morgan fingerprint density at radius 1 is 1.54 bits per heavy atom. The van der Waals surface area contributed by atoms with Gasteiger partial charge < -0.3 is 5.11 Å². The third-order valence-electron chi connectivity index (χ3n) is 1.51. The molecule has 13 heavy (non-hydrogen) atoms. The van der Waals surface area contributed by atoms with Crippen molar-refractivity contribution in [2.45, 2.75) is 0 Å². The number of hydrogen-bond donors (Lipinski definition) is 1. The SMILES string of the molecule is C=C(C(=O)O)c1cc(Br)ccc1F. The smallest absolute Gasteiger partial charge is 0.335 e. The summed E-state index contributed by atoms with van der Waals surface area (Å²) in [5.41, 5.74) is -0.249. The normalized spacial score (nSPS) is 9.69. The molecule has 0 aliphatic carbocycles. The van der Waals surface area contributed by atoms with Gasteiger partial charge in [-0.1, -0.05) is 22.5 Å². The first-order valence-corrected chi connectivity index (χ1v) is 4.19. The number of aliphatic carboxylic acids is 1. The summed E-state index contributed by atoms with van der Waals surface area (Å²) in [6.45, 7) is 3.27. The van der Waals surface area contributed by atoms with Crippen molar-refractivity contribution in [3.8, 4) is 0 Å². The highest BCUT2D eigenvalue weighted by molar-refractivity contribution is 9.10.